The summed E-state index contributed by atoms with van der Waals surface area (Å²) in [6, 6.07) is 18.8. The number of hydrogen-bond acceptors (Lipinski definition) is 5. The third kappa shape index (κ3) is 2.96. The fourth-order valence-electron chi connectivity index (χ4n) is 3.58. The van der Waals surface area contributed by atoms with Gasteiger partial charge in [0.2, 0.25) is 0 Å². The van der Waals surface area contributed by atoms with Crippen molar-refractivity contribution in [3.63, 3.8) is 0 Å². The molecule has 2 heterocycles. The number of nitrogens with two attached hydrogens (primary N) is 1. The van der Waals surface area contributed by atoms with Crippen LogP contribution in [0.4, 0.5) is 23.0 Å². The Morgan fingerprint density at radius 1 is 1.00 bits per heavy atom. The molecule has 0 bridgehead atoms. The van der Waals surface area contributed by atoms with Crippen molar-refractivity contribution in [1.29, 1.82) is 0 Å². The van der Waals surface area contributed by atoms with Gasteiger partial charge in [-0.15, -0.1) is 0 Å². The van der Waals surface area contributed by atoms with Gasteiger partial charge in [0.15, 0.2) is 11.6 Å². The summed E-state index contributed by atoms with van der Waals surface area (Å²) in [5.41, 5.74) is 11.0. The summed E-state index contributed by atoms with van der Waals surface area (Å²) in [7, 11) is 0. The van der Waals surface area contributed by atoms with Crippen molar-refractivity contribution >= 4 is 23.0 Å². The fraction of sp³-hybridized carbons (Fsp3) is 0.238. The molecule has 0 saturated carbocycles. The lowest BCUT2D eigenvalue weighted by atomic mass is 10.00. The van der Waals surface area contributed by atoms with E-state index in [1.807, 2.05) is 18.2 Å². The first-order valence-electron chi connectivity index (χ1n) is 9.02. The van der Waals surface area contributed by atoms with E-state index in [2.05, 4.69) is 63.1 Å². The predicted octanol–water partition coefficient (Wildman–Crippen LogP) is 3.78. The molecule has 0 saturated heterocycles. The highest BCUT2D eigenvalue weighted by Crippen LogP contribution is 2.35. The maximum atomic E-state index is 6.54. The van der Waals surface area contributed by atoms with E-state index in [9.17, 15) is 0 Å². The van der Waals surface area contributed by atoms with Crippen molar-refractivity contribution in [2.45, 2.75) is 19.9 Å². The van der Waals surface area contributed by atoms with Crippen molar-refractivity contribution in [2.24, 2.45) is 0 Å². The van der Waals surface area contributed by atoms with Gasteiger partial charge in [0.1, 0.15) is 12.0 Å². The molecule has 26 heavy (non-hydrogen) atoms. The fourth-order valence-corrected chi connectivity index (χ4v) is 3.58. The second-order valence-electron chi connectivity index (χ2n) is 6.45. The number of anilines is 4. The van der Waals surface area contributed by atoms with E-state index in [1.165, 1.54) is 11.1 Å². The van der Waals surface area contributed by atoms with E-state index >= 15 is 0 Å². The van der Waals surface area contributed by atoms with Crippen LogP contribution in [0.3, 0.4) is 0 Å². The van der Waals surface area contributed by atoms with Crippen LogP contribution in [0.25, 0.3) is 0 Å². The topological polar surface area (TPSA) is 58.3 Å². The Hall–Kier alpha value is -3.08. The molecule has 0 unspecified atom stereocenters. The third-order valence-corrected chi connectivity index (χ3v) is 4.91. The molecule has 2 aromatic carbocycles. The minimum atomic E-state index is 0.637. The third-order valence-electron chi connectivity index (χ3n) is 4.91. The summed E-state index contributed by atoms with van der Waals surface area (Å²) >= 11 is 0. The smallest absolute Gasteiger partial charge is 0.161 e. The van der Waals surface area contributed by atoms with Gasteiger partial charge in [0.05, 0.1) is 0 Å². The first kappa shape index (κ1) is 16.4. The number of rotatable bonds is 4. The van der Waals surface area contributed by atoms with Crippen molar-refractivity contribution < 1.29 is 0 Å². The molecule has 0 radical (unpaired) electrons. The van der Waals surface area contributed by atoms with Crippen LogP contribution in [-0.2, 0) is 13.0 Å². The molecule has 0 amide bonds. The Morgan fingerprint density at radius 3 is 2.50 bits per heavy atom. The monoisotopic (exact) mass is 345 g/mol. The molecule has 1 aliphatic heterocycles. The summed E-state index contributed by atoms with van der Waals surface area (Å²) in [5.74, 6) is 1.58. The SMILES string of the molecule is CCN(c1ccccc1)c1ncnc(N2CCc3ccccc3C2)c1N. The number of fused-ring (bicyclic) bond motifs is 1. The van der Waals surface area contributed by atoms with E-state index < -0.39 is 0 Å². The zero-order chi connectivity index (χ0) is 17.9. The van der Waals surface area contributed by atoms with E-state index in [-0.39, 0.29) is 0 Å². The quantitative estimate of drug-likeness (QED) is 0.780. The Kier molecular flexibility index (Phi) is 4.44. The standard InChI is InChI=1S/C21H23N5/c1-2-26(18-10-4-3-5-11-18)21-19(22)20(23-15-24-21)25-13-12-16-8-6-7-9-17(16)14-25/h3-11,15H,2,12-14,22H2,1H3. The van der Waals surface area contributed by atoms with Gasteiger partial charge in [-0.05, 0) is 36.6 Å². The maximum absolute atomic E-state index is 6.54. The highest BCUT2D eigenvalue weighted by molar-refractivity contribution is 5.79. The first-order valence-corrected chi connectivity index (χ1v) is 9.02. The van der Waals surface area contributed by atoms with Gasteiger partial charge < -0.3 is 15.5 Å². The first-order chi connectivity index (χ1) is 12.8. The number of aromatic nitrogens is 2. The van der Waals surface area contributed by atoms with Gasteiger partial charge in [0.25, 0.3) is 0 Å². The summed E-state index contributed by atoms with van der Waals surface area (Å²) < 4.78 is 0. The van der Waals surface area contributed by atoms with E-state index in [4.69, 9.17) is 5.73 Å². The molecule has 4 rings (SSSR count). The van der Waals surface area contributed by atoms with E-state index in [0.717, 1.165) is 43.4 Å². The second-order valence-corrected chi connectivity index (χ2v) is 6.45. The Morgan fingerprint density at radius 2 is 1.73 bits per heavy atom. The van der Waals surface area contributed by atoms with Gasteiger partial charge in [-0.2, -0.15) is 0 Å². The highest BCUT2D eigenvalue weighted by atomic mass is 15.3. The zero-order valence-electron chi connectivity index (χ0n) is 15.0. The van der Waals surface area contributed by atoms with Gasteiger partial charge in [-0.1, -0.05) is 42.5 Å². The highest BCUT2D eigenvalue weighted by Gasteiger charge is 2.22. The Bertz CT molecular complexity index is 894. The van der Waals surface area contributed by atoms with Crippen LogP contribution in [0.15, 0.2) is 60.9 Å². The van der Waals surface area contributed by atoms with Crippen LogP contribution in [0, 0.1) is 0 Å². The number of benzene rings is 2. The largest absolute Gasteiger partial charge is 0.393 e. The average Bonchev–Trinajstić information content (AvgIpc) is 2.70. The van der Waals surface area contributed by atoms with Crippen LogP contribution < -0.4 is 15.5 Å². The molecule has 5 nitrogen and oxygen atoms in total. The molecule has 0 fully saturated rings. The second kappa shape index (κ2) is 7.04. The Balaban J connectivity index is 1.68. The molecule has 5 heteroatoms. The molecule has 2 N–H and O–H groups in total. The van der Waals surface area contributed by atoms with E-state index in [1.54, 1.807) is 6.33 Å². The lowest BCUT2D eigenvalue weighted by Crippen LogP contribution is -2.32. The summed E-state index contributed by atoms with van der Waals surface area (Å²) in [5, 5.41) is 0. The number of nitrogens with zero attached hydrogens (tertiary/aromatic N) is 4. The molecule has 0 atom stereocenters. The lowest BCUT2D eigenvalue weighted by molar-refractivity contribution is 0.720. The van der Waals surface area contributed by atoms with Crippen LogP contribution >= 0.6 is 0 Å². The average molecular weight is 345 g/mol. The number of nitrogen functional groups attached to an aromatic ring is 1. The van der Waals surface area contributed by atoms with Gasteiger partial charge >= 0.3 is 0 Å². The van der Waals surface area contributed by atoms with Crippen LogP contribution in [0.1, 0.15) is 18.1 Å². The van der Waals surface area contributed by atoms with Crippen LogP contribution in [0.5, 0.6) is 0 Å². The van der Waals surface area contributed by atoms with Gasteiger partial charge in [-0.25, -0.2) is 9.97 Å². The molecule has 0 aliphatic carbocycles. The molecule has 1 aliphatic rings. The molecule has 3 aromatic rings. The van der Waals surface area contributed by atoms with Crippen molar-refractivity contribution in [3.8, 4) is 0 Å². The summed E-state index contributed by atoms with van der Waals surface area (Å²) in [4.78, 5) is 13.4. The van der Waals surface area contributed by atoms with Crippen molar-refractivity contribution in [1.82, 2.24) is 9.97 Å². The normalized spacial score (nSPS) is 13.3. The lowest BCUT2D eigenvalue weighted by Gasteiger charge is -2.32. The molecular weight excluding hydrogens is 322 g/mol. The van der Waals surface area contributed by atoms with Crippen LogP contribution in [0.2, 0.25) is 0 Å². The predicted molar refractivity (Wildman–Crippen MR) is 107 cm³/mol. The minimum absolute atomic E-state index is 0.637. The van der Waals surface area contributed by atoms with Crippen molar-refractivity contribution in [3.05, 3.63) is 72.1 Å². The van der Waals surface area contributed by atoms with Gasteiger partial charge in [-0.3, -0.25) is 0 Å². The van der Waals surface area contributed by atoms with Crippen LogP contribution in [-0.4, -0.2) is 23.1 Å². The molecule has 1 aromatic heterocycles. The summed E-state index contributed by atoms with van der Waals surface area (Å²) in [6.07, 6.45) is 2.62. The number of para-hydroxylation sites is 1. The Labute approximate surface area is 154 Å². The maximum Gasteiger partial charge on any atom is 0.161 e. The van der Waals surface area contributed by atoms with Crippen molar-refractivity contribution in [2.75, 3.05) is 28.6 Å². The molecular formula is C21H23N5. The van der Waals surface area contributed by atoms with Gasteiger partial charge in [0, 0.05) is 25.3 Å². The van der Waals surface area contributed by atoms with E-state index in [0.29, 0.717) is 5.69 Å². The molecule has 132 valence electrons. The zero-order valence-corrected chi connectivity index (χ0v) is 15.0. The molecule has 0 spiro atoms. The minimum Gasteiger partial charge on any atom is -0.393 e. The summed E-state index contributed by atoms with van der Waals surface area (Å²) in [6.45, 7) is 4.63. The number of hydrogen-bond donors (Lipinski definition) is 1.